The number of ether oxygens (including phenoxy) is 1. The van der Waals surface area contributed by atoms with Gasteiger partial charge in [0, 0.05) is 12.1 Å². The number of nitrogens with one attached hydrogen (secondary N) is 2. The summed E-state index contributed by atoms with van der Waals surface area (Å²) in [5.74, 6) is -0.492. The minimum atomic E-state index is -3.69. The second kappa shape index (κ2) is 10.1. The smallest absolute Gasteiger partial charge is 0.308 e. The highest BCUT2D eigenvalue weighted by molar-refractivity contribution is 7.89. The van der Waals surface area contributed by atoms with Crippen molar-refractivity contribution in [3.8, 4) is 0 Å². The van der Waals surface area contributed by atoms with Gasteiger partial charge in [0.1, 0.15) is 0 Å². The van der Waals surface area contributed by atoms with E-state index in [1.165, 1.54) is 18.2 Å². The van der Waals surface area contributed by atoms with Crippen LogP contribution in [0.25, 0.3) is 0 Å². The molecule has 1 amide bonds. The van der Waals surface area contributed by atoms with Crippen LogP contribution in [0, 0.1) is 5.92 Å². The molecule has 0 bridgehead atoms. The molecule has 8 heteroatoms. The van der Waals surface area contributed by atoms with Gasteiger partial charge in [-0.25, -0.2) is 13.1 Å². The van der Waals surface area contributed by atoms with E-state index in [9.17, 15) is 18.0 Å². The molecule has 0 aliphatic heterocycles. The van der Waals surface area contributed by atoms with E-state index >= 15 is 0 Å². The van der Waals surface area contributed by atoms with E-state index in [2.05, 4.69) is 10.0 Å². The van der Waals surface area contributed by atoms with Gasteiger partial charge in [-0.3, -0.25) is 9.59 Å². The first kappa shape index (κ1) is 23.0. The fourth-order valence-corrected chi connectivity index (χ4v) is 4.26. The van der Waals surface area contributed by atoms with Crippen molar-refractivity contribution in [1.29, 1.82) is 0 Å². The molecule has 0 spiro atoms. The molecule has 1 aliphatic carbocycles. The van der Waals surface area contributed by atoms with Crippen LogP contribution in [0.3, 0.4) is 0 Å². The van der Waals surface area contributed by atoms with Gasteiger partial charge < -0.3 is 10.1 Å². The maximum atomic E-state index is 12.9. The molecule has 7 nitrogen and oxygen atoms in total. The largest absolute Gasteiger partial charge is 0.463 e. The molecule has 2 aromatic rings. The van der Waals surface area contributed by atoms with Crippen molar-refractivity contribution in [3.05, 3.63) is 65.7 Å². The Hall–Kier alpha value is -2.71. The second-order valence-corrected chi connectivity index (χ2v) is 9.77. The van der Waals surface area contributed by atoms with Crippen LogP contribution in [-0.2, 0) is 19.6 Å². The van der Waals surface area contributed by atoms with Crippen molar-refractivity contribution in [2.45, 2.75) is 50.2 Å². The third-order valence-corrected chi connectivity index (χ3v) is 6.33. The van der Waals surface area contributed by atoms with E-state index in [4.69, 9.17) is 4.74 Å². The van der Waals surface area contributed by atoms with E-state index in [1.807, 2.05) is 30.3 Å². The maximum Gasteiger partial charge on any atom is 0.308 e. The molecule has 0 aromatic heterocycles. The van der Waals surface area contributed by atoms with Gasteiger partial charge >= 0.3 is 5.97 Å². The Morgan fingerprint density at radius 1 is 1.06 bits per heavy atom. The molecule has 3 rings (SSSR count). The number of rotatable bonds is 10. The first-order chi connectivity index (χ1) is 14.7. The van der Waals surface area contributed by atoms with Gasteiger partial charge in [-0.15, -0.1) is 0 Å². The summed E-state index contributed by atoms with van der Waals surface area (Å²) < 4.78 is 32.9. The molecule has 2 N–H and O–H groups in total. The Balaban J connectivity index is 1.75. The van der Waals surface area contributed by atoms with Crippen LogP contribution < -0.4 is 10.0 Å². The molecule has 31 heavy (non-hydrogen) atoms. The molecule has 0 heterocycles. The highest BCUT2D eigenvalue weighted by atomic mass is 32.2. The van der Waals surface area contributed by atoms with Gasteiger partial charge in [-0.1, -0.05) is 36.4 Å². The van der Waals surface area contributed by atoms with Crippen LogP contribution in [0.4, 0.5) is 0 Å². The van der Waals surface area contributed by atoms with Gasteiger partial charge in [0.25, 0.3) is 5.91 Å². The van der Waals surface area contributed by atoms with Crippen molar-refractivity contribution in [2.24, 2.45) is 5.92 Å². The van der Waals surface area contributed by atoms with Crippen LogP contribution in [0.1, 0.15) is 55.1 Å². The Kier molecular flexibility index (Phi) is 7.46. The van der Waals surface area contributed by atoms with Gasteiger partial charge in [-0.2, -0.15) is 0 Å². The monoisotopic (exact) mass is 444 g/mol. The van der Waals surface area contributed by atoms with Gasteiger partial charge in [0.2, 0.25) is 10.0 Å². The molecular weight excluding hydrogens is 416 g/mol. The van der Waals surface area contributed by atoms with Crippen LogP contribution >= 0.6 is 0 Å². The topological polar surface area (TPSA) is 102 Å². The molecule has 1 aliphatic rings. The predicted molar refractivity (Wildman–Crippen MR) is 117 cm³/mol. The van der Waals surface area contributed by atoms with Gasteiger partial charge in [-0.05, 0) is 56.4 Å². The number of esters is 1. The average Bonchev–Trinajstić information content (AvgIpc) is 3.56. The zero-order valence-electron chi connectivity index (χ0n) is 17.7. The van der Waals surface area contributed by atoms with E-state index in [0.29, 0.717) is 12.5 Å². The number of carbonyl (C=O) groups is 2. The Morgan fingerprint density at radius 2 is 1.77 bits per heavy atom. The minimum absolute atomic E-state index is 0.0329. The number of carbonyl (C=O) groups excluding carboxylic acids is 2. The van der Waals surface area contributed by atoms with Crippen molar-refractivity contribution in [1.82, 2.24) is 10.0 Å². The first-order valence-electron chi connectivity index (χ1n) is 10.4. The summed E-state index contributed by atoms with van der Waals surface area (Å²) in [5.41, 5.74) is 0.957. The molecule has 166 valence electrons. The van der Waals surface area contributed by atoms with E-state index in [0.717, 1.165) is 18.4 Å². The van der Waals surface area contributed by atoms with Crippen molar-refractivity contribution < 1.29 is 22.7 Å². The third-order valence-electron chi connectivity index (χ3n) is 4.91. The number of hydrogen-bond donors (Lipinski definition) is 2. The lowest BCUT2D eigenvalue weighted by Crippen LogP contribution is -2.31. The first-order valence-corrected chi connectivity index (χ1v) is 11.9. The van der Waals surface area contributed by atoms with Crippen molar-refractivity contribution >= 4 is 21.9 Å². The summed E-state index contributed by atoms with van der Waals surface area (Å²) in [6.45, 7) is 3.93. The SMILES string of the molecule is CC(C)OC(=O)C[C@@H](NC(=O)c1cccc(S(=O)(=O)NCC2CC2)c1)c1ccccc1. The highest BCUT2D eigenvalue weighted by Crippen LogP contribution is 2.28. The zero-order valence-corrected chi connectivity index (χ0v) is 18.5. The molecule has 0 radical (unpaired) electrons. The normalized spacial score (nSPS) is 14.8. The Bertz CT molecular complexity index is 1020. The maximum absolute atomic E-state index is 12.9. The molecule has 2 aromatic carbocycles. The van der Waals surface area contributed by atoms with Gasteiger partial charge in [0.15, 0.2) is 0 Å². The average molecular weight is 445 g/mol. The molecular formula is C23H28N2O5S. The summed E-state index contributed by atoms with van der Waals surface area (Å²) in [6.07, 6.45) is 1.77. The lowest BCUT2D eigenvalue weighted by Gasteiger charge is -2.19. The number of hydrogen-bond acceptors (Lipinski definition) is 5. The molecule has 0 unspecified atom stereocenters. The third kappa shape index (κ3) is 6.90. The molecule has 0 saturated heterocycles. The zero-order chi connectivity index (χ0) is 22.4. The summed E-state index contributed by atoms with van der Waals surface area (Å²) in [4.78, 5) is 25.2. The summed E-state index contributed by atoms with van der Waals surface area (Å²) in [5, 5.41) is 2.84. The van der Waals surface area contributed by atoms with Crippen molar-refractivity contribution in [3.63, 3.8) is 0 Å². The van der Waals surface area contributed by atoms with Gasteiger partial charge in [0.05, 0.1) is 23.5 Å². The lowest BCUT2D eigenvalue weighted by molar-refractivity contribution is -0.147. The van der Waals surface area contributed by atoms with Crippen LogP contribution in [0.15, 0.2) is 59.5 Å². The summed E-state index contributed by atoms with van der Waals surface area (Å²) in [7, 11) is -3.69. The Labute approximate surface area is 183 Å². The fraction of sp³-hybridized carbons (Fsp3) is 0.391. The molecule has 1 saturated carbocycles. The highest BCUT2D eigenvalue weighted by Gasteiger charge is 2.25. The Morgan fingerprint density at radius 3 is 2.42 bits per heavy atom. The summed E-state index contributed by atoms with van der Waals surface area (Å²) >= 11 is 0. The van der Waals surface area contributed by atoms with E-state index in [-0.39, 0.29) is 23.0 Å². The van der Waals surface area contributed by atoms with E-state index in [1.54, 1.807) is 19.9 Å². The lowest BCUT2D eigenvalue weighted by atomic mass is 10.0. The molecule has 1 fully saturated rings. The molecule has 1 atom stereocenters. The predicted octanol–water partition coefficient (Wildman–Crippen LogP) is 3.19. The van der Waals surface area contributed by atoms with E-state index < -0.39 is 27.9 Å². The van der Waals surface area contributed by atoms with Crippen LogP contribution in [0.5, 0.6) is 0 Å². The fourth-order valence-electron chi connectivity index (χ4n) is 3.09. The van der Waals surface area contributed by atoms with Crippen LogP contribution in [-0.4, -0.2) is 32.9 Å². The number of sulfonamides is 1. The van der Waals surface area contributed by atoms with Crippen molar-refractivity contribution in [2.75, 3.05) is 6.54 Å². The minimum Gasteiger partial charge on any atom is -0.463 e. The quantitative estimate of drug-likeness (QED) is 0.548. The second-order valence-electron chi connectivity index (χ2n) is 8.00. The number of benzene rings is 2. The number of amides is 1. The summed E-state index contributed by atoms with van der Waals surface area (Å²) in [6, 6.07) is 14.4. The standard InChI is InChI=1S/C23H28N2O5S/c1-16(2)30-22(26)14-21(18-7-4-3-5-8-18)25-23(27)19-9-6-10-20(13-19)31(28,29)24-15-17-11-12-17/h3-10,13,16-17,21,24H,11-12,14-15H2,1-2H3,(H,25,27)/t21-/m1/s1. The van der Waals surface area contributed by atoms with Crippen LogP contribution in [0.2, 0.25) is 0 Å².